The van der Waals surface area contributed by atoms with Gasteiger partial charge in [-0.25, -0.2) is 0 Å². The van der Waals surface area contributed by atoms with Crippen molar-refractivity contribution in [1.29, 1.82) is 0 Å². The molecule has 0 N–H and O–H groups in total. The third-order valence-corrected chi connectivity index (χ3v) is 12.6. The lowest BCUT2D eigenvalue weighted by molar-refractivity contribution is 0.592. The van der Waals surface area contributed by atoms with Crippen molar-refractivity contribution in [3.8, 4) is 22.3 Å². The first kappa shape index (κ1) is 24.6. The van der Waals surface area contributed by atoms with Crippen molar-refractivity contribution in [3.05, 3.63) is 186 Å². The van der Waals surface area contributed by atoms with E-state index in [1.54, 1.807) is 0 Å². The van der Waals surface area contributed by atoms with Gasteiger partial charge in [0.1, 0.15) is 0 Å². The van der Waals surface area contributed by atoms with Crippen molar-refractivity contribution in [2.75, 3.05) is 0 Å². The zero-order valence-corrected chi connectivity index (χ0v) is 24.3. The molecule has 9 rings (SSSR count). The highest BCUT2D eigenvalue weighted by Crippen LogP contribution is 2.64. The van der Waals surface area contributed by atoms with Crippen molar-refractivity contribution in [2.45, 2.75) is 5.41 Å². The van der Waals surface area contributed by atoms with E-state index < -0.39 is 12.6 Å². The molecule has 0 radical (unpaired) electrons. The number of hydrogen-bond acceptors (Lipinski definition) is 1. The minimum Gasteiger partial charge on any atom is -0.309 e. The summed E-state index contributed by atoms with van der Waals surface area (Å²) >= 11 is 0. The summed E-state index contributed by atoms with van der Waals surface area (Å²) in [4.78, 5) is 0. The van der Waals surface area contributed by atoms with Crippen LogP contribution in [-0.2, 0) is 9.98 Å². The second kappa shape index (κ2) is 9.01. The molecule has 0 atom stereocenters. The summed E-state index contributed by atoms with van der Waals surface area (Å²) in [6.45, 7) is 0. The van der Waals surface area contributed by atoms with E-state index in [1.807, 2.05) is 60.7 Å². The van der Waals surface area contributed by atoms with Crippen molar-refractivity contribution >= 4 is 33.8 Å². The molecule has 1 spiro atoms. The van der Waals surface area contributed by atoms with Crippen LogP contribution in [0.4, 0.5) is 0 Å². The summed E-state index contributed by atoms with van der Waals surface area (Å²) in [5.41, 5.74) is 9.61. The molecule has 7 aromatic carbocycles. The van der Waals surface area contributed by atoms with Crippen LogP contribution >= 0.6 is 7.14 Å². The van der Waals surface area contributed by atoms with Gasteiger partial charge in [0.2, 0.25) is 0 Å². The van der Waals surface area contributed by atoms with E-state index in [9.17, 15) is 0 Å². The Balaban J connectivity index is 1.44. The Morgan fingerprint density at radius 2 is 0.953 bits per heavy atom. The van der Waals surface area contributed by atoms with Gasteiger partial charge >= 0.3 is 0 Å². The number of rotatable bonds is 3. The molecule has 1 nitrogen and oxygen atoms in total. The largest absolute Gasteiger partial charge is 0.309 e. The highest BCUT2D eigenvalue weighted by atomic mass is 31.2. The maximum absolute atomic E-state index is 15.6. The number of hydrogen-bond donors (Lipinski definition) is 0. The predicted molar refractivity (Wildman–Crippen MR) is 180 cm³/mol. The molecular weight excluding hydrogens is 539 g/mol. The molecule has 2 aliphatic carbocycles. The summed E-state index contributed by atoms with van der Waals surface area (Å²) in [6, 6.07) is 57.6. The zero-order chi connectivity index (χ0) is 28.6. The summed E-state index contributed by atoms with van der Waals surface area (Å²) in [5.74, 6) is 0. The average molecular weight is 567 g/mol. The van der Waals surface area contributed by atoms with Crippen LogP contribution in [0.5, 0.6) is 0 Å². The third kappa shape index (κ3) is 3.15. The lowest BCUT2D eigenvalue weighted by Crippen LogP contribution is -2.29. The topological polar surface area (TPSA) is 17.1 Å². The molecule has 0 fully saturated rings. The molecule has 0 aromatic heterocycles. The van der Waals surface area contributed by atoms with Crippen LogP contribution in [-0.4, -0.2) is 0 Å². The molecule has 0 unspecified atom stereocenters. The summed E-state index contributed by atoms with van der Waals surface area (Å²) < 4.78 is 15.6. The summed E-state index contributed by atoms with van der Waals surface area (Å²) in [6.07, 6.45) is 0. The molecule has 43 heavy (non-hydrogen) atoms. The summed E-state index contributed by atoms with van der Waals surface area (Å²) in [5, 5.41) is 5.04. The van der Waals surface area contributed by atoms with Crippen LogP contribution in [0.2, 0.25) is 0 Å². The van der Waals surface area contributed by atoms with Gasteiger partial charge in [0.05, 0.1) is 5.41 Å². The maximum Gasteiger partial charge on any atom is 0.171 e. The molecule has 0 bridgehead atoms. The van der Waals surface area contributed by atoms with Gasteiger partial charge in [-0.3, -0.25) is 0 Å². The van der Waals surface area contributed by atoms with E-state index >= 15 is 4.57 Å². The van der Waals surface area contributed by atoms with Crippen LogP contribution in [0.3, 0.4) is 0 Å². The Bertz CT molecular complexity index is 2180. The first-order valence-electron chi connectivity index (χ1n) is 14.8. The van der Waals surface area contributed by atoms with Crippen molar-refractivity contribution in [1.82, 2.24) is 0 Å². The lowest BCUT2D eigenvalue weighted by Gasteiger charge is -2.31. The van der Waals surface area contributed by atoms with Crippen LogP contribution < -0.4 is 15.9 Å². The molecule has 0 heterocycles. The minimum absolute atomic E-state index is 0.504. The number of fused-ring (bicyclic) bond motifs is 12. The molecule has 202 valence electrons. The molecule has 0 saturated heterocycles. The molecule has 0 amide bonds. The second-order valence-electron chi connectivity index (χ2n) is 11.6. The van der Waals surface area contributed by atoms with Gasteiger partial charge in [0, 0.05) is 15.9 Å². The van der Waals surface area contributed by atoms with Crippen LogP contribution in [0, 0.1) is 0 Å². The third-order valence-electron chi connectivity index (χ3n) is 9.57. The van der Waals surface area contributed by atoms with Gasteiger partial charge in [0.25, 0.3) is 0 Å². The molecule has 2 heteroatoms. The smallest absolute Gasteiger partial charge is 0.171 e. The fraction of sp³-hybridized carbons (Fsp3) is 0.0244. The fourth-order valence-electron chi connectivity index (χ4n) is 7.81. The molecule has 7 aromatic rings. The monoisotopic (exact) mass is 566 g/mol. The SMILES string of the molecule is O=P(c1ccccc1)(c1ccccc1)c1ccc2c(c1)C1(c3ccccc3-c3ccccc31)c1ccc3ccccc3c1-2. The molecule has 0 saturated carbocycles. The van der Waals surface area contributed by atoms with Crippen LogP contribution in [0.1, 0.15) is 22.3 Å². The van der Waals surface area contributed by atoms with Gasteiger partial charge in [-0.05, 0) is 61.3 Å². The van der Waals surface area contributed by atoms with E-state index in [0.29, 0.717) is 0 Å². The van der Waals surface area contributed by atoms with E-state index in [0.717, 1.165) is 15.9 Å². The normalized spacial score (nSPS) is 13.9. The molecule has 0 aliphatic heterocycles. The Morgan fingerprint density at radius 1 is 0.395 bits per heavy atom. The predicted octanol–water partition coefficient (Wildman–Crippen LogP) is 8.82. The highest BCUT2D eigenvalue weighted by molar-refractivity contribution is 7.85. The maximum atomic E-state index is 15.6. The molecule has 2 aliphatic rings. The number of benzene rings is 7. The minimum atomic E-state index is -3.18. The van der Waals surface area contributed by atoms with Gasteiger partial charge in [-0.15, -0.1) is 0 Å². The second-order valence-corrected chi connectivity index (χ2v) is 14.3. The Labute approximate surface area is 251 Å². The van der Waals surface area contributed by atoms with E-state index in [4.69, 9.17) is 0 Å². The zero-order valence-electron chi connectivity index (χ0n) is 23.4. The average Bonchev–Trinajstić information content (AvgIpc) is 3.56. The standard InChI is InChI=1S/C41H27OP/c42-43(29-14-3-1-4-15-29,30-16-5-2-6-17-30)31-24-25-35-39(27-31)41(38-26-23-28-13-7-8-18-32(28)40(35)38)36-21-11-9-19-33(36)34-20-10-12-22-37(34)41/h1-27H. The van der Waals surface area contributed by atoms with Crippen LogP contribution in [0.15, 0.2) is 164 Å². The van der Waals surface area contributed by atoms with Gasteiger partial charge in [0.15, 0.2) is 7.14 Å². The summed E-state index contributed by atoms with van der Waals surface area (Å²) in [7, 11) is -3.18. The fourth-order valence-corrected chi connectivity index (χ4v) is 10.5. The van der Waals surface area contributed by atoms with E-state index in [-0.39, 0.29) is 0 Å². The Kier molecular flexibility index (Phi) is 5.16. The first-order valence-corrected chi connectivity index (χ1v) is 16.5. The Hall–Kier alpha value is -4.97. The van der Waals surface area contributed by atoms with Crippen molar-refractivity contribution in [2.24, 2.45) is 0 Å². The van der Waals surface area contributed by atoms with Crippen molar-refractivity contribution < 1.29 is 4.57 Å². The lowest BCUT2D eigenvalue weighted by atomic mass is 9.70. The molecular formula is C41H27OP. The quantitative estimate of drug-likeness (QED) is 0.195. The van der Waals surface area contributed by atoms with Gasteiger partial charge in [-0.1, -0.05) is 158 Å². The van der Waals surface area contributed by atoms with Gasteiger partial charge in [-0.2, -0.15) is 0 Å². The van der Waals surface area contributed by atoms with Crippen molar-refractivity contribution in [3.63, 3.8) is 0 Å². The van der Waals surface area contributed by atoms with Crippen LogP contribution in [0.25, 0.3) is 33.0 Å². The van der Waals surface area contributed by atoms with Gasteiger partial charge < -0.3 is 4.57 Å². The van der Waals surface area contributed by atoms with E-state index in [1.165, 1.54) is 55.3 Å². The van der Waals surface area contributed by atoms with E-state index in [2.05, 4.69) is 103 Å². The Morgan fingerprint density at radius 3 is 1.60 bits per heavy atom. The first-order chi connectivity index (χ1) is 21.2. The highest BCUT2D eigenvalue weighted by Gasteiger charge is 2.52.